The molecule has 1 nitrogen and oxygen atoms in total. The van der Waals surface area contributed by atoms with E-state index < -0.39 is 0 Å². The summed E-state index contributed by atoms with van der Waals surface area (Å²) in [4.78, 5) is 2.39. The number of unbranched alkanes of at least 4 members (excludes halogenated alkanes) is 1. The molecule has 0 atom stereocenters. The molecule has 0 fully saturated rings. The van der Waals surface area contributed by atoms with Gasteiger partial charge in [-0.2, -0.15) is 0 Å². The summed E-state index contributed by atoms with van der Waals surface area (Å²) in [6.45, 7) is 11.2. The number of rotatable bonds is 5. The van der Waals surface area contributed by atoms with Crippen LogP contribution in [0.25, 0.3) is 0 Å². The van der Waals surface area contributed by atoms with Crippen LogP contribution in [0.5, 0.6) is 0 Å². The lowest BCUT2D eigenvalue weighted by atomic mass is 10.3. The second kappa shape index (κ2) is 13.5. The van der Waals surface area contributed by atoms with E-state index in [2.05, 4.69) is 39.6 Å². The predicted molar refractivity (Wildman–Crippen MR) is 58.7 cm³/mol. The minimum atomic E-state index is 1.25. The van der Waals surface area contributed by atoms with Crippen LogP contribution in [0.1, 0.15) is 53.4 Å². The van der Waals surface area contributed by atoms with Crippen LogP contribution < -0.4 is 0 Å². The van der Waals surface area contributed by atoms with Gasteiger partial charge in [0.1, 0.15) is 0 Å². The maximum Gasteiger partial charge on any atom is -0.00219 e. The van der Waals surface area contributed by atoms with Crippen LogP contribution in [0.2, 0.25) is 0 Å². The van der Waals surface area contributed by atoms with E-state index in [1.807, 2.05) is 0 Å². The Morgan fingerprint density at radius 2 is 1.33 bits per heavy atom. The Bertz CT molecular complexity index is 62.0. The van der Waals surface area contributed by atoms with E-state index in [4.69, 9.17) is 0 Å². The highest BCUT2D eigenvalue weighted by atomic mass is 15.1. The van der Waals surface area contributed by atoms with Gasteiger partial charge in [-0.15, -0.1) is 0 Å². The lowest BCUT2D eigenvalue weighted by Gasteiger charge is -2.13. The first-order chi connectivity index (χ1) is 5.72. The number of nitrogens with zero attached hydrogens (tertiary/aromatic N) is 1. The van der Waals surface area contributed by atoms with E-state index in [0.717, 1.165) is 0 Å². The Labute approximate surface area is 79.2 Å². The van der Waals surface area contributed by atoms with Gasteiger partial charge < -0.3 is 4.90 Å². The first-order valence-electron chi connectivity index (χ1n) is 5.41. The second-order valence-corrected chi connectivity index (χ2v) is 3.36. The van der Waals surface area contributed by atoms with Crippen molar-refractivity contribution in [2.24, 2.45) is 0 Å². The molecule has 0 saturated heterocycles. The Morgan fingerprint density at radius 3 is 1.67 bits per heavy atom. The van der Waals surface area contributed by atoms with E-state index in [1.54, 1.807) is 0 Å². The van der Waals surface area contributed by atoms with Crippen LogP contribution in [-0.2, 0) is 0 Å². The normalized spacial score (nSPS) is 9.50. The van der Waals surface area contributed by atoms with E-state index in [1.165, 1.54) is 38.8 Å². The van der Waals surface area contributed by atoms with Crippen LogP contribution in [0.3, 0.4) is 0 Å². The summed E-state index contributed by atoms with van der Waals surface area (Å²) >= 11 is 0. The van der Waals surface area contributed by atoms with Crippen molar-refractivity contribution in [3.8, 4) is 0 Å². The van der Waals surface area contributed by atoms with Crippen molar-refractivity contribution in [3.63, 3.8) is 0 Å². The summed E-state index contributed by atoms with van der Waals surface area (Å²) in [6, 6.07) is 0. The van der Waals surface area contributed by atoms with Gasteiger partial charge in [0.25, 0.3) is 0 Å². The van der Waals surface area contributed by atoms with E-state index >= 15 is 0 Å². The molecule has 0 bridgehead atoms. The molecule has 0 unspecified atom stereocenters. The van der Waals surface area contributed by atoms with Crippen molar-refractivity contribution < 1.29 is 0 Å². The minimum Gasteiger partial charge on any atom is -0.306 e. The molecule has 0 aliphatic carbocycles. The van der Waals surface area contributed by atoms with E-state index in [-0.39, 0.29) is 0 Å². The van der Waals surface area contributed by atoms with Gasteiger partial charge >= 0.3 is 0 Å². The maximum absolute atomic E-state index is 2.39. The highest BCUT2D eigenvalue weighted by Gasteiger charge is 1.92. The molecule has 0 aliphatic rings. The van der Waals surface area contributed by atoms with Gasteiger partial charge in [-0.25, -0.2) is 0 Å². The monoisotopic (exact) mass is 173 g/mol. The van der Waals surface area contributed by atoms with Crippen molar-refractivity contribution in [3.05, 3.63) is 0 Å². The van der Waals surface area contributed by atoms with Crippen molar-refractivity contribution in [2.45, 2.75) is 53.4 Å². The second-order valence-electron chi connectivity index (χ2n) is 3.36. The third kappa shape index (κ3) is 16.5. The van der Waals surface area contributed by atoms with Gasteiger partial charge in [-0.1, -0.05) is 40.5 Å². The Morgan fingerprint density at radius 1 is 0.833 bits per heavy atom. The Kier molecular flexibility index (Phi) is 16.3. The van der Waals surface area contributed by atoms with Crippen molar-refractivity contribution in [2.75, 3.05) is 20.1 Å². The van der Waals surface area contributed by atoms with Crippen molar-refractivity contribution >= 4 is 0 Å². The van der Waals surface area contributed by atoms with Crippen LogP contribution in [0, 0.1) is 0 Å². The molecule has 0 heterocycles. The van der Waals surface area contributed by atoms with Gasteiger partial charge in [-0.05, 0) is 33.0 Å². The third-order valence-electron chi connectivity index (χ3n) is 1.50. The van der Waals surface area contributed by atoms with Gasteiger partial charge in [0.05, 0.1) is 0 Å². The summed E-state index contributed by atoms with van der Waals surface area (Å²) in [5.74, 6) is 0. The molecule has 0 aliphatic heterocycles. The molecular weight excluding hydrogens is 146 g/mol. The van der Waals surface area contributed by atoms with E-state index in [9.17, 15) is 0 Å². The average Bonchev–Trinajstić information content (AvgIpc) is 2.03. The molecule has 12 heavy (non-hydrogen) atoms. The highest BCUT2D eigenvalue weighted by Crippen LogP contribution is 1.91. The quantitative estimate of drug-likeness (QED) is 0.614. The summed E-state index contributed by atoms with van der Waals surface area (Å²) in [6.07, 6.45) is 5.19. The molecule has 0 saturated carbocycles. The fourth-order valence-corrected chi connectivity index (χ4v) is 0.922. The van der Waals surface area contributed by atoms with Gasteiger partial charge in [0.2, 0.25) is 0 Å². The van der Waals surface area contributed by atoms with Crippen LogP contribution in [-0.4, -0.2) is 25.0 Å². The fourth-order valence-electron chi connectivity index (χ4n) is 0.922. The molecule has 0 N–H and O–H groups in total. The molecular formula is C11H27N. The molecule has 1 heteroatoms. The summed E-state index contributed by atoms with van der Waals surface area (Å²) < 4.78 is 0. The summed E-state index contributed by atoms with van der Waals surface area (Å²) in [5.41, 5.74) is 0. The first-order valence-corrected chi connectivity index (χ1v) is 5.41. The zero-order valence-electron chi connectivity index (χ0n) is 9.69. The molecule has 0 spiro atoms. The number of hydrogen-bond acceptors (Lipinski definition) is 1. The fraction of sp³-hybridized carbons (Fsp3) is 1.00. The summed E-state index contributed by atoms with van der Waals surface area (Å²) in [5, 5.41) is 0. The van der Waals surface area contributed by atoms with Crippen LogP contribution in [0.15, 0.2) is 0 Å². The molecule has 0 aromatic heterocycles. The standard InChI is InChI=1S/C8H19N.C3H8/c1-4-6-8-9(3)7-5-2;1-3-2/h4-8H2,1-3H3;3H2,1-2H3. The zero-order chi connectivity index (χ0) is 9.82. The molecule has 0 amide bonds. The first kappa shape index (κ1) is 14.5. The topological polar surface area (TPSA) is 3.24 Å². The zero-order valence-corrected chi connectivity index (χ0v) is 9.69. The van der Waals surface area contributed by atoms with Gasteiger partial charge in [-0.3, -0.25) is 0 Å². The molecule has 0 aromatic carbocycles. The van der Waals surface area contributed by atoms with Gasteiger partial charge in [0, 0.05) is 0 Å². The highest BCUT2D eigenvalue weighted by molar-refractivity contribution is 4.47. The minimum absolute atomic E-state index is 1.25. The van der Waals surface area contributed by atoms with E-state index in [0.29, 0.717) is 0 Å². The molecule has 0 radical (unpaired) electrons. The Hall–Kier alpha value is -0.0400. The summed E-state index contributed by atoms with van der Waals surface area (Å²) in [7, 11) is 2.19. The number of hydrogen-bond donors (Lipinski definition) is 0. The SMILES string of the molecule is CCC.CCCCN(C)CCC. The van der Waals surface area contributed by atoms with Crippen molar-refractivity contribution in [1.82, 2.24) is 4.90 Å². The largest absolute Gasteiger partial charge is 0.306 e. The van der Waals surface area contributed by atoms with Gasteiger partial charge in [0.15, 0.2) is 0 Å². The lowest BCUT2D eigenvalue weighted by molar-refractivity contribution is 0.329. The lowest BCUT2D eigenvalue weighted by Crippen LogP contribution is -2.19. The van der Waals surface area contributed by atoms with Crippen LogP contribution in [0.4, 0.5) is 0 Å². The average molecular weight is 173 g/mol. The maximum atomic E-state index is 2.39. The van der Waals surface area contributed by atoms with Crippen LogP contribution >= 0.6 is 0 Å². The molecule has 76 valence electrons. The smallest absolute Gasteiger partial charge is 0.00219 e. The Balaban J connectivity index is 0. The molecule has 0 aromatic rings. The van der Waals surface area contributed by atoms with Crippen molar-refractivity contribution in [1.29, 1.82) is 0 Å². The molecule has 0 rings (SSSR count). The third-order valence-corrected chi connectivity index (χ3v) is 1.50. The predicted octanol–water partition coefficient (Wildman–Crippen LogP) is 3.54.